The van der Waals surface area contributed by atoms with Gasteiger partial charge in [0.1, 0.15) is 5.75 Å². The largest absolute Gasteiger partial charge is 0.348 e. The summed E-state index contributed by atoms with van der Waals surface area (Å²) in [6, 6.07) is 6.96. The molecule has 0 saturated carbocycles. The van der Waals surface area contributed by atoms with Crippen molar-refractivity contribution < 1.29 is 13.8 Å². The lowest BCUT2D eigenvalue weighted by Gasteiger charge is -2.09. The van der Waals surface area contributed by atoms with Crippen LogP contribution in [0.3, 0.4) is 0 Å². The Balaban J connectivity index is 2.64. The van der Waals surface area contributed by atoms with E-state index in [4.69, 9.17) is 0 Å². The van der Waals surface area contributed by atoms with Crippen LogP contribution in [0.25, 0.3) is 0 Å². The molecule has 0 fully saturated rings. The molecule has 0 spiro atoms. The van der Waals surface area contributed by atoms with E-state index >= 15 is 0 Å². The highest BCUT2D eigenvalue weighted by Crippen LogP contribution is 2.16. The first-order valence-electron chi connectivity index (χ1n) is 5.24. The van der Waals surface area contributed by atoms with Gasteiger partial charge in [-0.05, 0) is 6.07 Å². The summed E-state index contributed by atoms with van der Waals surface area (Å²) in [5.74, 6) is -0.730. The molecule has 1 amide bonds. The average Bonchev–Trinajstić information content (AvgIpc) is 2.28. The van der Waals surface area contributed by atoms with Gasteiger partial charge in [0.2, 0.25) is 5.91 Å². The first-order valence-corrected chi connectivity index (χ1v) is 7.52. The predicted octanol–water partition coefficient (Wildman–Crippen LogP) is 1.47. The third kappa shape index (κ3) is 4.34. The highest BCUT2D eigenvalue weighted by atomic mass is 79.9. The Morgan fingerprint density at radius 3 is 2.39 bits per heavy atom. The minimum Gasteiger partial charge on any atom is -0.348 e. The highest BCUT2D eigenvalue weighted by molar-refractivity contribution is 9.10. The minimum absolute atomic E-state index is 0.122. The third-order valence-electron chi connectivity index (χ3n) is 2.25. The molecule has 1 unspecified atom stereocenters. The van der Waals surface area contributed by atoms with E-state index < -0.39 is 10.8 Å². The Bertz CT molecular complexity index is 488. The number of carbonyl (C=O) groups is 2. The van der Waals surface area contributed by atoms with E-state index in [0.29, 0.717) is 10.0 Å². The van der Waals surface area contributed by atoms with Gasteiger partial charge in [-0.2, -0.15) is 0 Å². The maximum absolute atomic E-state index is 11.9. The number of rotatable bonds is 5. The quantitative estimate of drug-likeness (QED) is 0.768. The SMILES string of the molecule is CN(C)C(=O)CS(=O)CC(=O)c1ccccc1Br. The first-order chi connectivity index (χ1) is 8.41. The van der Waals surface area contributed by atoms with Crippen LogP contribution in [0.1, 0.15) is 10.4 Å². The number of Topliss-reactive ketones (excluding diaryl/α,β-unsaturated/α-hetero) is 1. The summed E-state index contributed by atoms with van der Waals surface area (Å²) in [7, 11) is 1.71. The molecule has 1 aromatic rings. The number of amides is 1. The van der Waals surface area contributed by atoms with Gasteiger partial charge >= 0.3 is 0 Å². The van der Waals surface area contributed by atoms with E-state index in [1.54, 1.807) is 38.4 Å². The Morgan fingerprint density at radius 2 is 1.83 bits per heavy atom. The molecule has 0 aromatic heterocycles. The Hall–Kier alpha value is -1.01. The highest BCUT2D eigenvalue weighted by Gasteiger charge is 2.16. The van der Waals surface area contributed by atoms with Gasteiger partial charge < -0.3 is 4.90 Å². The van der Waals surface area contributed by atoms with E-state index in [2.05, 4.69) is 15.9 Å². The second kappa shape index (κ2) is 6.80. The zero-order chi connectivity index (χ0) is 13.7. The lowest BCUT2D eigenvalue weighted by molar-refractivity contribution is -0.125. The Labute approximate surface area is 117 Å². The van der Waals surface area contributed by atoms with Crippen LogP contribution in [0.4, 0.5) is 0 Å². The summed E-state index contributed by atoms with van der Waals surface area (Å²) >= 11 is 3.27. The summed E-state index contributed by atoms with van der Waals surface area (Å²) in [5.41, 5.74) is 0.489. The van der Waals surface area contributed by atoms with Crippen molar-refractivity contribution in [3.8, 4) is 0 Å². The molecule has 0 bridgehead atoms. The van der Waals surface area contributed by atoms with Gasteiger partial charge in [-0.15, -0.1) is 0 Å². The molecule has 0 saturated heterocycles. The summed E-state index contributed by atoms with van der Waals surface area (Å²) in [6.07, 6.45) is 0. The van der Waals surface area contributed by atoms with Crippen LogP contribution in [0.2, 0.25) is 0 Å². The van der Waals surface area contributed by atoms with Crippen molar-refractivity contribution in [2.24, 2.45) is 0 Å². The molecule has 0 radical (unpaired) electrons. The van der Waals surface area contributed by atoms with Crippen molar-refractivity contribution in [1.29, 1.82) is 0 Å². The van der Waals surface area contributed by atoms with E-state index in [0.717, 1.165) is 0 Å². The summed E-state index contributed by atoms with van der Waals surface area (Å²) in [5, 5.41) is 0. The van der Waals surface area contributed by atoms with E-state index in [1.165, 1.54) is 4.90 Å². The molecule has 0 N–H and O–H groups in total. The molecule has 1 aromatic carbocycles. The zero-order valence-corrected chi connectivity index (χ0v) is 12.6. The number of nitrogens with zero attached hydrogens (tertiary/aromatic N) is 1. The molecule has 0 aliphatic heterocycles. The van der Waals surface area contributed by atoms with Gasteiger partial charge in [0, 0.05) is 34.9 Å². The second-order valence-electron chi connectivity index (χ2n) is 3.92. The normalized spacial score (nSPS) is 11.9. The molecule has 6 heteroatoms. The molecule has 0 heterocycles. The monoisotopic (exact) mass is 331 g/mol. The average molecular weight is 332 g/mol. The van der Waals surface area contributed by atoms with Crippen molar-refractivity contribution >= 4 is 38.4 Å². The van der Waals surface area contributed by atoms with Gasteiger partial charge in [0.25, 0.3) is 0 Å². The van der Waals surface area contributed by atoms with Crippen LogP contribution in [-0.2, 0) is 15.6 Å². The van der Waals surface area contributed by atoms with Gasteiger partial charge in [-0.1, -0.05) is 34.1 Å². The lowest BCUT2D eigenvalue weighted by Crippen LogP contribution is -2.29. The summed E-state index contributed by atoms with van der Waals surface area (Å²) in [6.45, 7) is 0. The molecule has 98 valence electrons. The smallest absolute Gasteiger partial charge is 0.234 e. The number of hydrogen-bond acceptors (Lipinski definition) is 3. The standard InChI is InChI=1S/C12H14BrNO3S/c1-14(2)12(16)8-18(17)7-11(15)9-5-3-4-6-10(9)13/h3-6H,7-8H2,1-2H3. The van der Waals surface area contributed by atoms with Crippen LogP contribution < -0.4 is 0 Å². The van der Waals surface area contributed by atoms with Crippen molar-refractivity contribution in [2.75, 3.05) is 25.6 Å². The minimum atomic E-state index is -1.47. The van der Waals surface area contributed by atoms with Crippen molar-refractivity contribution in [3.05, 3.63) is 34.3 Å². The fourth-order valence-corrected chi connectivity index (χ4v) is 2.82. The van der Waals surface area contributed by atoms with Crippen LogP contribution in [-0.4, -0.2) is 46.4 Å². The molecular weight excluding hydrogens is 318 g/mol. The molecule has 0 aliphatic carbocycles. The first kappa shape index (κ1) is 15.0. The van der Waals surface area contributed by atoms with Gasteiger partial charge in [0.05, 0.1) is 5.75 Å². The van der Waals surface area contributed by atoms with Gasteiger partial charge in [-0.25, -0.2) is 0 Å². The number of hydrogen-bond donors (Lipinski definition) is 0. The molecule has 18 heavy (non-hydrogen) atoms. The Morgan fingerprint density at radius 1 is 1.22 bits per heavy atom. The fraction of sp³-hybridized carbons (Fsp3) is 0.333. The Kier molecular flexibility index (Phi) is 5.68. The topological polar surface area (TPSA) is 54.5 Å². The molecule has 1 atom stereocenters. The molecular formula is C12H14BrNO3S. The molecule has 0 aliphatic rings. The van der Waals surface area contributed by atoms with Gasteiger partial charge in [0.15, 0.2) is 5.78 Å². The summed E-state index contributed by atoms with van der Waals surface area (Å²) < 4.78 is 12.4. The van der Waals surface area contributed by atoms with Crippen LogP contribution >= 0.6 is 15.9 Å². The van der Waals surface area contributed by atoms with E-state index in [-0.39, 0.29) is 23.2 Å². The summed E-state index contributed by atoms with van der Waals surface area (Å²) in [4.78, 5) is 24.6. The van der Waals surface area contributed by atoms with E-state index in [9.17, 15) is 13.8 Å². The number of carbonyl (C=O) groups excluding carboxylic acids is 2. The fourth-order valence-electron chi connectivity index (χ4n) is 1.23. The number of benzene rings is 1. The van der Waals surface area contributed by atoms with Crippen LogP contribution in [0.15, 0.2) is 28.7 Å². The molecule has 4 nitrogen and oxygen atoms in total. The van der Waals surface area contributed by atoms with Crippen molar-refractivity contribution in [2.45, 2.75) is 0 Å². The third-order valence-corrected chi connectivity index (χ3v) is 4.09. The van der Waals surface area contributed by atoms with Gasteiger partial charge in [-0.3, -0.25) is 13.8 Å². The van der Waals surface area contributed by atoms with Crippen molar-refractivity contribution in [1.82, 2.24) is 4.90 Å². The van der Waals surface area contributed by atoms with Crippen LogP contribution in [0, 0.1) is 0 Å². The maximum Gasteiger partial charge on any atom is 0.234 e. The number of ketones is 1. The number of halogens is 1. The zero-order valence-electron chi connectivity index (χ0n) is 10.2. The molecule has 1 rings (SSSR count). The van der Waals surface area contributed by atoms with Crippen LogP contribution in [0.5, 0.6) is 0 Å². The van der Waals surface area contributed by atoms with Crippen molar-refractivity contribution in [3.63, 3.8) is 0 Å². The predicted molar refractivity (Wildman–Crippen MR) is 75.0 cm³/mol. The maximum atomic E-state index is 11.9. The van der Waals surface area contributed by atoms with E-state index in [1.807, 2.05) is 0 Å². The second-order valence-corrected chi connectivity index (χ2v) is 6.23. The lowest BCUT2D eigenvalue weighted by atomic mass is 10.1.